The highest BCUT2D eigenvalue weighted by Gasteiger charge is 2.36. The largest absolute Gasteiger partial charge is 0.349 e. The molecule has 2 aromatic carbocycles. The molecule has 3 aliphatic rings. The summed E-state index contributed by atoms with van der Waals surface area (Å²) in [5.41, 5.74) is 3.76. The summed E-state index contributed by atoms with van der Waals surface area (Å²) in [5, 5.41) is 7.17. The summed E-state index contributed by atoms with van der Waals surface area (Å²) in [7, 11) is 0. The molecule has 3 fully saturated rings. The van der Waals surface area contributed by atoms with Gasteiger partial charge in [0.1, 0.15) is 0 Å². The van der Waals surface area contributed by atoms with Gasteiger partial charge >= 0.3 is 0 Å². The SMILES string of the molecule is O=C(NC1CCNCC1)c1ccc(-c2ccc(CC3CCN(C4CCCCC4)C3=O)c(Cl)c2)cc1. The first-order valence-electron chi connectivity index (χ1n) is 13.3. The molecule has 1 saturated carbocycles. The highest BCUT2D eigenvalue weighted by Crippen LogP contribution is 2.33. The zero-order chi connectivity index (χ0) is 24.2. The first-order chi connectivity index (χ1) is 17.1. The number of amides is 2. The fourth-order valence-corrected chi connectivity index (χ4v) is 6.17. The molecule has 2 saturated heterocycles. The van der Waals surface area contributed by atoms with Crippen LogP contribution in [0.4, 0.5) is 0 Å². The van der Waals surface area contributed by atoms with E-state index in [4.69, 9.17) is 11.6 Å². The van der Waals surface area contributed by atoms with Crippen molar-refractivity contribution in [1.29, 1.82) is 0 Å². The Labute approximate surface area is 213 Å². The predicted octanol–water partition coefficient (Wildman–Crippen LogP) is 5.21. The average molecular weight is 494 g/mol. The van der Waals surface area contributed by atoms with E-state index in [9.17, 15) is 9.59 Å². The van der Waals surface area contributed by atoms with E-state index >= 15 is 0 Å². The van der Waals surface area contributed by atoms with Crippen LogP contribution in [0.15, 0.2) is 42.5 Å². The maximum atomic E-state index is 13.1. The summed E-state index contributed by atoms with van der Waals surface area (Å²) in [6, 6.07) is 14.5. The van der Waals surface area contributed by atoms with Gasteiger partial charge < -0.3 is 15.5 Å². The van der Waals surface area contributed by atoms with E-state index in [1.165, 1.54) is 19.3 Å². The molecule has 186 valence electrons. The van der Waals surface area contributed by atoms with Crippen LogP contribution in [0.1, 0.15) is 67.3 Å². The second kappa shape index (κ2) is 11.1. The van der Waals surface area contributed by atoms with Gasteiger partial charge in [-0.1, -0.05) is 55.1 Å². The maximum absolute atomic E-state index is 13.1. The van der Waals surface area contributed by atoms with E-state index in [-0.39, 0.29) is 17.9 Å². The van der Waals surface area contributed by atoms with Gasteiger partial charge in [-0.05, 0) is 86.5 Å². The van der Waals surface area contributed by atoms with Crippen molar-refractivity contribution in [2.45, 2.75) is 69.9 Å². The first-order valence-corrected chi connectivity index (χ1v) is 13.7. The number of nitrogens with one attached hydrogen (secondary N) is 2. The molecule has 0 bridgehead atoms. The second-order valence-corrected chi connectivity index (χ2v) is 10.8. The minimum atomic E-state index is -0.0136. The fourth-order valence-electron chi connectivity index (χ4n) is 5.91. The third-order valence-corrected chi connectivity index (χ3v) is 8.39. The maximum Gasteiger partial charge on any atom is 0.251 e. The topological polar surface area (TPSA) is 61.4 Å². The van der Waals surface area contributed by atoms with Crippen molar-refractivity contribution in [3.63, 3.8) is 0 Å². The number of nitrogens with zero attached hydrogens (tertiary/aromatic N) is 1. The van der Waals surface area contributed by atoms with Gasteiger partial charge in [0.15, 0.2) is 0 Å². The number of halogens is 1. The zero-order valence-electron chi connectivity index (χ0n) is 20.4. The molecule has 2 aromatic rings. The Hall–Kier alpha value is -2.37. The van der Waals surface area contributed by atoms with Gasteiger partial charge in [-0.2, -0.15) is 0 Å². The zero-order valence-corrected chi connectivity index (χ0v) is 21.2. The van der Waals surface area contributed by atoms with E-state index in [1.54, 1.807) is 0 Å². The van der Waals surface area contributed by atoms with Crippen molar-refractivity contribution in [3.8, 4) is 11.1 Å². The molecule has 0 radical (unpaired) electrons. The lowest BCUT2D eigenvalue weighted by molar-refractivity contribution is -0.133. The standard InChI is InChI=1S/C29H36ClN3O2/c30-27-19-22(20-6-8-21(9-7-20)28(34)32-25-12-15-31-16-13-25)10-11-23(27)18-24-14-17-33(29(24)35)26-4-2-1-3-5-26/h6-11,19,24-26,31H,1-5,12-18H2,(H,32,34). The third-order valence-electron chi connectivity index (χ3n) is 8.04. The Balaban J connectivity index is 1.20. The summed E-state index contributed by atoms with van der Waals surface area (Å²) < 4.78 is 0. The molecule has 2 N–H and O–H groups in total. The van der Waals surface area contributed by atoms with E-state index in [0.29, 0.717) is 29.0 Å². The predicted molar refractivity (Wildman–Crippen MR) is 141 cm³/mol. The van der Waals surface area contributed by atoms with E-state index in [0.717, 1.165) is 68.4 Å². The third kappa shape index (κ3) is 5.73. The van der Waals surface area contributed by atoms with Crippen LogP contribution in [0.2, 0.25) is 5.02 Å². The van der Waals surface area contributed by atoms with Gasteiger partial charge in [-0.25, -0.2) is 0 Å². The van der Waals surface area contributed by atoms with Crippen molar-refractivity contribution in [3.05, 3.63) is 58.6 Å². The van der Waals surface area contributed by atoms with E-state index in [1.807, 2.05) is 30.3 Å². The molecule has 0 spiro atoms. The number of carbonyl (C=O) groups excluding carboxylic acids is 2. The molecule has 2 heterocycles. The molecule has 1 atom stereocenters. The number of rotatable bonds is 6. The quantitative estimate of drug-likeness (QED) is 0.580. The number of piperidine rings is 1. The molecule has 6 heteroatoms. The van der Waals surface area contributed by atoms with Gasteiger partial charge in [0.25, 0.3) is 5.91 Å². The van der Waals surface area contributed by atoms with Crippen molar-refractivity contribution in [1.82, 2.24) is 15.5 Å². The number of likely N-dealkylation sites (tertiary alicyclic amines) is 1. The molecule has 5 nitrogen and oxygen atoms in total. The summed E-state index contributed by atoms with van der Waals surface area (Å²) in [5.74, 6) is 0.341. The van der Waals surface area contributed by atoms with Crippen molar-refractivity contribution < 1.29 is 9.59 Å². The van der Waals surface area contributed by atoms with Crippen LogP contribution in [0, 0.1) is 5.92 Å². The second-order valence-electron chi connectivity index (χ2n) is 10.4. The molecule has 1 aliphatic carbocycles. The van der Waals surface area contributed by atoms with Crippen molar-refractivity contribution in [2.75, 3.05) is 19.6 Å². The molecular formula is C29H36ClN3O2. The number of hydrogen-bond acceptors (Lipinski definition) is 3. The highest BCUT2D eigenvalue weighted by atomic mass is 35.5. The Morgan fingerprint density at radius 1 is 0.943 bits per heavy atom. The number of carbonyl (C=O) groups is 2. The molecule has 2 amide bonds. The van der Waals surface area contributed by atoms with Gasteiger partial charge in [0.05, 0.1) is 0 Å². The summed E-state index contributed by atoms with van der Waals surface area (Å²) in [6.45, 7) is 2.80. The molecular weight excluding hydrogens is 458 g/mol. The van der Waals surface area contributed by atoms with Gasteiger partial charge in [0, 0.05) is 35.1 Å². The van der Waals surface area contributed by atoms with Crippen LogP contribution in [0.5, 0.6) is 0 Å². The Morgan fingerprint density at radius 3 is 2.37 bits per heavy atom. The van der Waals surface area contributed by atoms with Crippen LogP contribution in [-0.2, 0) is 11.2 Å². The lowest BCUT2D eigenvalue weighted by atomic mass is 9.93. The molecule has 2 aliphatic heterocycles. The summed E-state index contributed by atoms with van der Waals surface area (Å²) in [6.07, 6.45) is 9.69. The Bertz CT molecular complexity index is 1040. The molecule has 1 unspecified atom stereocenters. The smallest absolute Gasteiger partial charge is 0.251 e. The van der Waals surface area contributed by atoms with Gasteiger partial charge in [-0.3, -0.25) is 9.59 Å². The summed E-state index contributed by atoms with van der Waals surface area (Å²) >= 11 is 6.69. The van der Waals surface area contributed by atoms with E-state index < -0.39 is 0 Å². The number of benzene rings is 2. The van der Waals surface area contributed by atoms with Gasteiger partial charge in [0.2, 0.25) is 5.91 Å². The average Bonchev–Trinajstić information content (AvgIpc) is 3.26. The molecule has 0 aromatic heterocycles. The number of hydrogen-bond donors (Lipinski definition) is 2. The molecule has 5 rings (SSSR count). The van der Waals surface area contributed by atoms with Crippen LogP contribution in [0.3, 0.4) is 0 Å². The fraction of sp³-hybridized carbons (Fsp3) is 0.517. The monoisotopic (exact) mass is 493 g/mol. The van der Waals surface area contributed by atoms with Gasteiger partial charge in [-0.15, -0.1) is 0 Å². The minimum absolute atomic E-state index is 0.0136. The normalized spacial score (nSPS) is 21.9. The van der Waals surface area contributed by atoms with Crippen molar-refractivity contribution >= 4 is 23.4 Å². The van der Waals surface area contributed by atoms with Crippen LogP contribution < -0.4 is 10.6 Å². The highest BCUT2D eigenvalue weighted by molar-refractivity contribution is 6.31. The Kier molecular flexibility index (Phi) is 7.74. The van der Waals surface area contributed by atoms with Crippen LogP contribution in [-0.4, -0.2) is 48.4 Å². The lowest BCUT2D eigenvalue weighted by Crippen LogP contribution is -2.42. The lowest BCUT2D eigenvalue weighted by Gasteiger charge is -2.31. The molecule has 35 heavy (non-hydrogen) atoms. The first kappa shape index (κ1) is 24.3. The van der Waals surface area contributed by atoms with Crippen LogP contribution >= 0.6 is 11.6 Å². The minimum Gasteiger partial charge on any atom is -0.349 e. The Morgan fingerprint density at radius 2 is 1.66 bits per heavy atom. The van der Waals surface area contributed by atoms with Crippen molar-refractivity contribution in [2.24, 2.45) is 5.92 Å². The van der Waals surface area contributed by atoms with Crippen LogP contribution in [0.25, 0.3) is 11.1 Å². The van der Waals surface area contributed by atoms with E-state index in [2.05, 4.69) is 27.7 Å². The summed E-state index contributed by atoms with van der Waals surface area (Å²) in [4.78, 5) is 27.8.